The van der Waals surface area contributed by atoms with Crippen LogP contribution < -0.4 is 0 Å². The van der Waals surface area contributed by atoms with Crippen LogP contribution in [-0.4, -0.2) is 101 Å². The molecule has 0 spiro atoms. The molecule has 2 rings (SSSR count). The molecule has 2 aliphatic rings. The van der Waals surface area contributed by atoms with Gasteiger partial charge >= 0.3 is 6.09 Å². The van der Waals surface area contributed by atoms with Gasteiger partial charge in [-0.05, 0) is 40.2 Å². The van der Waals surface area contributed by atoms with Crippen LogP contribution in [0.3, 0.4) is 0 Å². The number of hydrogen-bond donors (Lipinski definition) is 2. The van der Waals surface area contributed by atoms with Crippen molar-refractivity contribution in [3.8, 4) is 0 Å². The van der Waals surface area contributed by atoms with Crippen molar-refractivity contribution in [2.45, 2.75) is 51.4 Å². The fraction of sp³-hybridized carbons (Fsp3) is 0.941. The summed E-state index contributed by atoms with van der Waals surface area (Å²) < 4.78 is 5.40. The summed E-state index contributed by atoms with van der Waals surface area (Å²) in [5.41, 5.74) is -0.469. The van der Waals surface area contributed by atoms with E-state index in [9.17, 15) is 15.0 Å². The molecule has 0 saturated carbocycles. The maximum atomic E-state index is 12.0. The predicted octanol–water partition coefficient (Wildman–Crippen LogP) is 0.357. The Bertz CT molecular complexity index is 405. The summed E-state index contributed by atoms with van der Waals surface area (Å²) in [7, 11) is 0. The first-order valence-corrected chi connectivity index (χ1v) is 9.02. The first-order chi connectivity index (χ1) is 11.3. The maximum absolute atomic E-state index is 12.0. The summed E-state index contributed by atoms with van der Waals surface area (Å²) in [6.45, 7) is 10.7. The first-order valence-electron chi connectivity index (χ1n) is 9.02. The second kappa shape index (κ2) is 8.47. The third-order valence-electron chi connectivity index (χ3n) is 4.65. The zero-order chi connectivity index (χ0) is 17.7. The van der Waals surface area contributed by atoms with Gasteiger partial charge in [0.25, 0.3) is 0 Å². The van der Waals surface area contributed by atoms with Gasteiger partial charge in [-0.2, -0.15) is 0 Å². The van der Waals surface area contributed by atoms with E-state index in [1.807, 2.05) is 20.8 Å². The summed E-state index contributed by atoms with van der Waals surface area (Å²) in [6, 6.07) is 0.198. The molecule has 140 valence electrons. The molecule has 0 bridgehead atoms. The largest absolute Gasteiger partial charge is 0.444 e. The van der Waals surface area contributed by atoms with Gasteiger partial charge < -0.3 is 19.8 Å². The third kappa shape index (κ3) is 5.88. The highest BCUT2D eigenvalue weighted by molar-refractivity contribution is 5.68. The number of piperazine rings is 1. The van der Waals surface area contributed by atoms with E-state index in [-0.39, 0.29) is 18.7 Å². The minimum atomic E-state index is -0.469. The Morgan fingerprint density at radius 2 is 1.83 bits per heavy atom. The van der Waals surface area contributed by atoms with Crippen molar-refractivity contribution in [1.29, 1.82) is 0 Å². The lowest BCUT2D eigenvalue weighted by Crippen LogP contribution is -2.52. The van der Waals surface area contributed by atoms with E-state index in [0.717, 1.165) is 32.5 Å². The highest BCUT2D eigenvalue weighted by Gasteiger charge is 2.29. The number of aliphatic hydroxyl groups is 2. The third-order valence-corrected chi connectivity index (χ3v) is 4.65. The highest BCUT2D eigenvalue weighted by Crippen LogP contribution is 2.17. The molecule has 2 aliphatic heterocycles. The van der Waals surface area contributed by atoms with Crippen molar-refractivity contribution in [2.75, 3.05) is 52.4 Å². The number of β-amino-alcohol motifs (C(OH)–C–C–N with tert-alkyl or cyclic N) is 1. The first kappa shape index (κ1) is 19.4. The van der Waals surface area contributed by atoms with Crippen LogP contribution >= 0.6 is 0 Å². The van der Waals surface area contributed by atoms with Crippen LogP contribution in [0.5, 0.6) is 0 Å². The second-order valence-electron chi connectivity index (χ2n) is 7.90. The molecule has 24 heavy (non-hydrogen) atoms. The fourth-order valence-corrected chi connectivity index (χ4v) is 3.41. The second-order valence-corrected chi connectivity index (χ2v) is 7.90. The van der Waals surface area contributed by atoms with Gasteiger partial charge in [-0.15, -0.1) is 0 Å². The summed E-state index contributed by atoms with van der Waals surface area (Å²) >= 11 is 0. The topological polar surface area (TPSA) is 76.5 Å². The van der Waals surface area contributed by atoms with Gasteiger partial charge in [0.15, 0.2) is 0 Å². The Kier molecular flexibility index (Phi) is 6.86. The van der Waals surface area contributed by atoms with Crippen molar-refractivity contribution in [1.82, 2.24) is 14.7 Å². The van der Waals surface area contributed by atoms with Crippen LogP contribution in [0.1, 0.15) is 33.6 Å². The summed E-state index contributed by atoms with van der Waals surface area (Å²) in [5, 5.41) is 19.7. The lowest BCUT2D eigenvalue weighted by atomic mass is 10.2. The molecule has 2 atom stereocenters. The number of carbonyl (C=O) groups is 1. The van der Waals surface area contributed by atoms with Crippen molar-refractivity contribution in [3.63, 3.8) is 0 Å². The lowest BCUT2D eigenvalue weighted by Gasteiger charge is -2.37. The molecule has 0 aromatic carbocycles. The standard InChI is InChI=1S/C17H33N3O4/c1-17(2,3)24-16(23)19-9-7-18(8-10-19)11-15(22)12-20-6-4-5-14(20)13-21/h14-15,21-22H,4-13H2,1-3H3. The molecule has 0 aromatic rings. The quantitative estimate of drug-likeness (QED) is 0.750. The van der Waals surface area contributed by atoms with E-state index >= 15 is 0 Å². The Labute approximate surface area is 145 Å². The molecule has 1 amide bonds. The van der Waals surface area contributed by atoms with Crippen molar-refractivity contribution in [2.24, 2.45) is 0 Å². The molecule has 2 N–H and O–H groups in total. The Balaban J connectivity index is 1.70. The molecular weight excluding hydrogens is 310 g/mol. The summed E-state index contributed by atoms with van der Waals surface area (Å²) in [5.74, 6) is 0. The predicted molar refractivity (Wildman–Crippen MR) is 91.9 cm³/mol. The number of amides is 1. The van der Waals surface area contributed by atoms with Gasteiger partial charge in [0.2, 0.25) is 0 Å². The molecular formula is C17H33N3O4. The van der Waals surface area contributed by atoms with Gasteiger partial charge in [0.05, 0.1) is 12.7 Å². The Morgan fingerprint density at radius 3 is 2.42 bits per heavy atom. The number of aliphatic hydroxyl groups excluding tert-OH is 2. The van der Waals surface area contributed by atoms with E-state index in [0.29, 0.717) is 26.2 Å². The van der Waals surface area contributed by atoms with E-state index in [2.05, 4.69) is 9.80 Å². The fourth-order valence-electron chi connectivity index (χ4n) is 3.41. The molecule has 0 aromatic heterocycles. The zero-order valence-corrected chi connectivity index (χ0v) is 15.3. The number of ether oxygens (including phenoxy) is 1. The molecule has 2 heterocycles. The Morgan fingerprint density at radius 1 is 1.17 bits per heavy atom. The van der Waals surface area contributed by atoms with Crippen LogP contribution in [0.4, 0.5) is 4.79 Å². The summed E-state index contributed by atoms with van der Waals surface area (Å²) in [6.07, 6.45) is 1.42. The monoisotopic (exact) mass is 343 g/mol. The van der Waals surface area contributed by atoms with Crippen molar-refractivity contribution < 1.29 is 19.7 Å². The number of carbonyl (C=O) groups excluding carboxylic acids is 1. The normalized spacial score (nSPS) is 25.0. The van der Waals surface area contributed by atoms with Crippen LogP contribution in [-0.2, 0) is 4.74 Å². The zero-order valence-electron chi connectivity index (χ0n) is 15.3. The smallest absolute Gasteiger partial charge is 0.410 e. The molecule has 2 fully saturated rings. The van der Waals surface area contributed by atoms with Gasteiger partial charge in [-0.1, -0.05) is 0 Å². The molecule has 0 radical (unpaired) electrons. The van der Waals surface area contributed by atoms with E-state index in [1.54, 1.807) is 4.90 Å². The average molecular weight is 343 g/mol. The number of hydrogen-bond acceptors (Lipinski definition) is 6. The molecule has 0 aliphatic carbocycles. The molecule has 2 unspecified atom stereocenters. The maximum Gasteiger partial charge on any atom is 0.410 e. The van der Waals surface area contributed by atoms with Crippen LogP contribution in [0, 0.1) is 0 Å². The number of likely N-dealkylation sites (tertiary alicyclic amines) is 1. The average Bonchev–Trinajstić information content (AvgIpc) is 2.93. The van der Waals surface area contributed by atoms with E-state index in [4.69, 9.17) is 4.74 Å². The Hall–Kier alpha value is -0.890. The van der Waals surface area contributed by atoms with E-state index in [1.165, 1.54) is 0 Å². The van der Waals surface area contributed by atoms with Gasteiger partial charge in [0.1, 0.15) is 5.60 Å². The number of rotatable bonds is 5. The molecule has 7 heteroatoms. The van der Waals surface area contributed by atoms with Crippen molar-refractivity contribution >= 4 is 6.09 Å². The van der Waals surface area contributed by atoms with Crippen LogP contribution in [0.2, 0.25) is 0 Å². The van der Waals surface area contributed by atoms with Gasteiger partial charge in [0, 0.05) is 45.3 Å². The van der Waals surface area contributed by atoms with E-state index < -0.39 is 11.7 Å². The highest BCUT2D eigenvalue weighted by atomic mass is 16.6. The lowest BCUT2D eigenvalue weighted by molar-refractivity contribution is 0.00694. The van der Waals surface area contributed by atoms with Crippen molar-refractivity contribution in [3.05, 3.63) is 0 Å². The van der Waals surface area contributed by atoms with Gasteiger partial charge in [-0.25, -0.2) is 4.79 Å². The number of nitrogens with zero attached hydrogens (tertiary/aromatic N) is 3. The van der Waals surface area contributed by atoms with Crippen LogP contribution in [0.25, 0.3) is 0 Å². The summed E-state index contributed by atoms with van der Waals surface area (Å²) in [4.78, 5) is 18.2. The van der Waals surface area contributed by atoms with Crippen LogP contribution in [0.15, 0.2) is 0 Å². The SMILES string of the molecule is CC(C)(C)OC(=O)N1CCN(CC(O)CN2CCCC2CO)CC1. The minimum absolute atomic E-state index is 0.168. The molecule has 2 saturated heterocycles. The van der Waals surface area contributed by atoms with Gasteiger partial charge in [-0.3, -0.25) is 9.80 Å². The minimum Gasteiger partial charge on any atom is -0.444 e. The molecule has 7 nitrogen and oxygen atoms in total.